The van der Waals surface area contributed by atoms with Gasteiger partial charge in [0.25, 0.3) is 0 Å². The average molecular weight is 644 g/mol. The Bertz CT molecular complexity index is 2640. The Morgan fingerprint density at radius 3 is 1.90 bits per heavy atom. The number of benzene rings is 6. The van der Waals surface area contributed by atoms with Crippen molar-refractivity contribution in [2.24, 2.45) is 0 Å². The Hall–Kier alpha value is -5.93. The van der Waals surface area contributed by atoms with Gasteiger partial charge >= 0.3 is 0 Å². The summed E-state index contributed by atoms with van der Waals surface area (Å²) in [6.45, 7) is 0. The van der Waals surface area contributed by atoms with Crippen LogP contribution in [-0.4, -0.2) is 14.4 Å². The van der Waals surface area contributed by atoms with Gasteiger partial charge in [0.1, 0.15) is 5.65 Å². The molecule has 0 radical (unpaired) electrons. The molecule has 1 saturated carbocycles. The summed E-state index contributed by atoms with van der Waals surface area (Å²) in [4.78, 5) is 9.01. The van der Waals surface area contributed by atoms with Crippen LogP contribution in [0.5, 0.6) is 0 Å². The van der Waals surface area contributed by atoms with Gasteiger partial charge in [0.15, 0.2) is 0 Å². The summed E-state index contributed by atoms with van der Waals surface area (Å²) >= 11 is 0. The highest BCUT2D eigenvalue weighted by molar-refractivity contribution is 6.15. The Kier molecular flexibility index (Phi) is 6.90. The van der Waals surface area contributed by atoms with E-state index in [-0.39, 0.29) is 0 Å². The van der Waals surface area contributed by atoms with E-state index in [1.165, 1.54) is 90.2 Å². The van der Waals surface area contributed by atoms with Crippen LogP contribution in [0.25, 0.3) is 71.7 Å². The van der Waals surface area contributed by atoms with Crippen molar-refractivity contribution in [3.63, 3.8) is 0 Å². The molecule has 10 rings (SSSR count). The third-order valence-corrected chi connectivity index (χ3v) is 11.1. The van der Waals surface area contributed by atoms with Gasteiger partial charge in [0.05, 0.1) is 17.1 Å². The highest BCUT2D eigenvalue weighted by Crippen LogP contribution is 2.45. The highest BCUT2D eigenvalue weighted by atomic mass is 15.0. The van der Waals surface area contributed by atoms with Crippen molar-refractivity contribution in [1.29, 1.82) is 0 Å². The van der Waals surface area contributed by atoms with E-state index >= 15 is 0 Å². The maximum absolute atomic E-state index is 5.21. The summed E-state index contributed by atoms with van der Waals surface area (Å²) in [6.07, 6.45) is 6.82. The number of hydrogen-bond acceptors (Lipinski definition) is 1. The van der Waals surface area contributed by atoms with E-state index in [0.29, 0.717) is 11.8 Å². The van der Waals surface area contributed by atoms with Crippen molar-refractivity contribution in [3.8, 4) is 33.6 Å². The molecule has 0 aliphatic heterocycles. The number of pyridine rings is 1. The molecule has 1 N–H and O–H groups in total. The molecule has 3 heterocycles. The molecule has 1 fully saturated rings. The second kappa shape index (κ2) is 11.9. The second-order valence-corrected chi connectivity index (χ2v) is 14.0. The summed E-state index contributed by atoms with van der Waals surface area (Å²) in [5.74, 6) is 1.03. The number of nitrogens with zero attached hydrogens (tertiary/aromatic N) is 2. The summed E-state index contributed by atoms with van der Waals surface area (Å²) in [6, 6.07) is 55.3. The van der Waals surface area contributed by atoms with Crippen LogP contribution < -0.4 is 0 Å². The minimum atomic E-state index is 0.467. The molecule has 1 aliphatic rings. The molecule has 0 atom stereocenters. The van der Waals surface area contributed by atoms with Crippen LogP contribution in [0.4, 0.5) is 0 Å². The Balaban J connectivity index is 0.994. The summed E-state index contributed by atoms with van der Waals surface area (Å²) < 4.78 is 2.27. The number of fused-ring (bicyclic) bond motifs is 5. The van der Waals surface area contributed by atoms with E-state index < -0.39 is 0 Å². The molecule has 50 heavy (non-hydrogen) atoms. The first-order chi connectivity index (χ1) is 24.8. The first-order valence-corrected chi connectivity index (χ1v) is 17.9. The number of hydrogen-bond donors (Lipinski definition) is 1. The van der Waals surface area contributed by atoms with E-state index in [2.05, 4.69) is 167 Å². The van der Waals surface area contributed by atoms with Crippen LogP contribution in [0.15, 0.2) is 158 Å². The molecule has 0 saturated heterocycles. The van der Waals surface area contributed by atoms with Crippen LogP contribution >= 0.6 is 0 Å². The lowest BCUT2D eigenvalue weighted by molar-refractivity contribution is 0.393. The molecule has 0 unspecified atom stereocenters. The largest absolute Gasteiger partial charge is 0.354 e. The van der Waals surface area contributed by atoms with E-state index in [1.807, 2.05) is 0 Å². The SMILES string of the molecule is c1ccc(-c2[nH]c3cc4ccc5cc(C6CCC(c7nc8ccccn8c7-c7ccccc7)CC6)ccc5c4cc3c2-c2ccccc2)cc1. The zero-order valence-electron chi connectivity index (χ0n) is 27.9. The monoisotopic (exact) mass is 643 g/mol. The molecule has 6 aromatic carbocycles. The van der Waals surface area contributed by atoms with Crippen LogP contribution in [0.2, 0.25) is 0 Å². The van der Waals surface area contributed by atoms with Crippen molar-refractivity contribution in [2.45, 2.75) is 37.5 Å². The van der Waals surface area contributed by atoms with E-state index in [4.69, 9.17) is 4.98 Å². The van der Waals surface area contributed by atoms with Crippen molar-refractivity contribution in [3.05, 3.63) is 169 Å². The molecule has 3 heteroatoms. The highest BCUT2D eigenvalue weighted by Gasteiger charge is 2.28. The lowest BCUT2D eigenvalue weighted by Gasteiger charge is -2.29. The molecule has 3 nitrogen and oxygen atoms in total. The minimum Gasteiger partial charge on any atom is -0.354 e. The normalized spacial score (nSPS) is 16.5. The number of imidazole rings is 1. The maximum Gasteiger partial charge on any atom is 0.137 e. The number of H-pyrrole nitrogens is 1. The van der Waals surface area contributed by atoms with Crippen LogP contribution in [-0.2, 0) is 0 Å². The lowest BCUT2D eigenvalue weighted by Crippen LogP contribution is -2.13. The Morgan fingerprint density at radius 1 is 0.520 bits per heavy atom. The molecule has 0 bridgehead atoms. The van der Waals surface area contributed by atoms with Gasteiger partial charge in [-0.05, 0) is 94.1 Å². The molecular formula is C47H37N3. The number of rotatable bonds is 5. The zero-order chi connectivity index (χ0) is 33.0. The summed E-state index contributed by atoms with van der Waals surface area (Å²) in [5, 5.41) is 6.48. The van der Waals surface area contributed by atoms with E-state index in [1.54, 1.807) is 0 Å². The van der Waals surface area contributed by atoms with Gasteiger partial charge in [-0.25, -0.2) is 4.98 Å². The fourth-order valence-electron chi connectivity index (χ4n) is 8.64. The third kappa shape index (κ3) is 4.84. The fourth-order valence-corrected chi connectivity index (χ4v) is 8.64. The first kappa shape index (κ1) is 29.0. The number of aromatic nitrogens is 3. The van der Waals surface area contributed by atoms with Gasteiger partial charge in [-0.2, -0.15) is 0 Å². The van der Waals surface area contributed by atoms with Crippen molar-refractivity contribution in [2.75, 3.05) is 0 Å². The predicted octanol–water partition coefficient (Wildman–Crippen LogP) is 12.6. The van der Waals surface area contributed by atoms with Crippen LogP contribution in [0, 0.1) is 0 Å². The Labute approximate surface area is 291 Å². The zero-order valence-corrected chi connectivity index (χ0v) is 27.9. The number of nitrogens with one attached hydrogen (secondary N) is 1. The molecule has 0 amide bonds. The minimum absolute atomic E-state index is 0.467. The molecule has 0 spiro atoms. The van der Waals surface area contributed by atoms with Crippen molar-refractivity contribution in [1.82, 2.24) is 14.4 Å². The van der Waals surface area contributed by atoms with Gasteiger partial charge in [0, 0.05) is 34.1 Å². The second-order valence-electron chi connectivity index (χ2n) is 14.0. The fraction of sp³-hybridized carbons (Fsp3) is 0.128. The smallest absolute Gasteiger partial charge is 0.137 e. The molecule has 3 aromatic heterocycles. The number of aromatic amines is 1. The van der Waals surface area contributed by atoms with Crippen LogP contribution in [0.3, 0.4) is 0 Å². The first-order valence-electron chi connectivity index (χ1n) is 17.9. The summed E-state index contributed by atoms with van der Waals surface area (Å²) in [7, 11) is 0. The summed E-state index contributed by atoms with van der Waals surface area (Å²) in [5.41, 5.74) is 12.3. The third-order valence-electron chi connectivity index (χ3n) is 11.1. The molecular weight excluding hydrogens is 607 g/mol. The standard InChI is InChI=1S/C47H37N3/c1-4-12-32(13-5-1)44-41-30-40-38(29-42(41)48-45(44)33-14-6-2-7-15-33)24-23-37-28-36(25-26-39(37)40)31-19-21-34(22-20-31)46-47(35-16-8-3-9-17-35)50-27-11-10-18-43(50)49-46/h1-18,23-31,34,48H,19-22H2. The van der Waals surface area contributed by atoms with Gasteiger partial charge in [-0.3, -0.25) is 4.40 Å². The topological polar surface area (TPSA) is 33.1 Å². The van der Waals surface area contributed by atoms with Crippen molar-refractivity contribution >= 4 is 38.1 Å². The van der Waals surface area contributed by atoms with Gasteiger partial charge in [-0.15, -0.1) is 0 Å². The van der Waals surface area contributed by atoms with Gasteiger partial charge < -0.3 is 4.98 Å². The predicted molar refractivity (Wildman–Crippen MR) is 209 cm³/mol. The van der Waals surface area contributed by atoms with Crippen molar-refractivity contribution < 1.29 is 0 Å². The average Bonchev–Trinajstić information content (AvgIpc) is 3.77. The van der Waals surface area contributed by atoms with Crippen LogP contribution in [0.1, 0.15) is 48.8 Å². The van der Waals surface area contributed by atoms with E-state index in [0.717, 1.165) is 18.5 Å². The Morgan fingerprint density at radius 2 is 1.16 bits per heavy atom. The molecule has 1 aliphatic carbocycles. The van der Waals surface area contributed by atoms with Gasteiger partial charge in [0.2, 0.25) is 0 Å². The quantitative estimate of drug-likeness (QED) is 0.186. The molecule has 240 valence electrons. The molecule has 9 aromatic rings. The van der Waals surface area contributed by atoms with Gasteiger partial charge in [-0.1, -0.05) is 127 Å². The maximum atomic E-state index is 5.21. The van der Waals surface area contributed by atoms with E-state index in [9.17, 15) is 0 Å². The lowest BCUT2D eigenvalue weighted by atomic mass is 9.76.